The van der Waals surface area contributed by atoms with Crippen LogP contribution in [0.4, 0.5) is 0 Å². The van der Waals surface area contributed by atoms with Gasteiger partial charge in [-0.3, -0.25) is 4.79 Å². The van der Waals surface area contributed by atoms with Crippen molar-refractivity contribution < 1.29 is 19.4 Å². The fourth-order valence-corrected chi connectivity index (χ4v) is 2.11. The molecule has 0 spiro atoms. The fourth-order valence-electron chi connectivity index (χ4n) is 2.11. The molecular formula is C14H19NO4. The Kier molecular flexibility index (Phi) is 4.53. The first-order valence-corrected chi connectivity index (χ1v) is 5.91. The average Bonchev–Trinajstić information content (AvgIpc) is 2.35. The minimum atomic E-state index is -1.44. The van der Waals surface area contributed by atoms with Gasteiger partial charge in [-0.2, -0.15) is 0 Å². The number of hydrogen-bond donors (Lipinski definition) is 1. The summed E-state index contributed by atoms with van der Waals surface area (Å²) in [6.07, 6.45) is 0. The molecule has 0 unspecified atom stereocenters. The van der Waals surface area contributed by atoms with Gasteiger partial charge in [-0.1, -0.05) is 6.07 Å². The Hall–Kier alpha value is -2.04. The number of aryl methyl sites for hydroxylation is 1. The van der Waals surface area contributed by atoms with Crippen LogP contribution < -0.4 is 4.74 Å². The molecule has 0 heterocycles. The summed E-state index contributed by atoms with van der Waals surface area (Å²) >= 11 is 0. The van der Waals surface area contributed by atoms with Crippen LogP contribution in [0, 0.1) is 20.8 Å². The van der Waals surface area contributed by atoms with Crippen LogP contribution >= 0.6 is 0 Å². The number of carboxylic acids is 1. The van der Waals surface area contributed by atoms with Crippen molar-refractivity contribution in [2.45, 2.75) is 27.3 Å². The standard InChI is InChI=1S/C14H19NO4/c1-8-6-11(7-15(4)13(16)14(17)18)9(2)10(3)12(8)19-5/h6H,7H2,1-5H3,(H,17,18). The number of aliphatic carboxylic acids is 1. The first kappa shape index (κ1) is 15.0. The molecule has 0 radical (unpaired) electrons. The normalized spacial score (nSPS) is 10.2. The molecule has 0 saturated heterocycles. The van der Waals surface area contributed by atoms with Crippen molar-refractivity contribution >= 4 is 11.9 Å². The highest BCUT2D eigenvalue weighted by atomic mass is 16.5. The number of rotatable bonds is 3. The third-order valence-corrected chi connectivity index (χ3v) is 3.27. The van der Waals surface area contributed by atoms with Crippen LogP contribution in [-0.4, -0.2) is 36.0 Å². The molecule has 0 saturated carbocycles. The van der Waals surface area contributed by atoms with Gasteiger partial charge < -0.3 is 14.7 Å². The zero-order valence-corrected chi connectivity index (χ0v) is 11.9. The zero-order valence-electron chi connectivity index (χ0n) is 11.9. The van der Waals surface area contributed by atoms with Crippen LogP contribution in [0.3, 0.4) is 0 Å². The van der Waals surface area contributed by atoms with Crippen LogP contribution in [-0.2, 0) is 16.1 Å². The number of carboxylic acid groups (broad SMARTS) is 1. The van der Waals surface area contributed by atoms with E-state index in [1.54, 1.807) is 7.11 Å². The Bertz CT molecular complexity index is 523. The van der Waals surface area contributed by atoms with E-state index in [0.717, 1.165) is 28.0 Å². The van der Waals surface area contributed by atoms with E-state index in [2.05, 4.69) is 0 Å². The zero-order chi connectivity index (χ0) is 14.7. The summed E-state index contributed by atoms with van der Waals surface area (Å²) in [5.41, 5.74) is 3.91. The molecule has 0 atom stereocenters. The number of benzene rings is 1. The van der Waals surface area contributed by atoms with E-state index in [0.29, 0.717) is 0 Å². The average molecular weight is 265 g/mol. The van der Waals surface area contributed by atoms with Gasteiger partial charge in [0.1, 0.15) is 5.75 Å². The lowest BCUT2D eigenvalue weighted by molar-refractivity contribution is -0.155. The third kappa shape index (κ3) is 3.05. The molecule has 1 aromatic rings. The molecule has 1 rings (SSSR count). The highest BCUT2D eigenvalue weighted by molar-refractivity contribution is 6.31. The van der Waals surface area contributed by atoms with Gasteiger partial charge in [0.05, 0.1) is 7.11 Å². The van der Waals surface area contributed by atoms with E-state index in [-0.39, 0.29) is 6.54 Å². The molecule has 0 aromatic heterocycles. The summed E-state index contributed by atoms with van der Waals surface area (Å²) in [5.74, 6) is -1.53. The van der Waals surface area contributed by atoms with Crippen molar-refractivity contribution in [3.8, 4) is 5.75 Å². The molecule has 19 heavy (non-hydrogen) atoms. The number of ether oxygens (including phenoxy) is 1. The van der Waals surface area contributed by atoms with Crippen LogP contribution in [0.1, 0.15) is 22.3 Å². The van der Waals surface area contributed by atoms with Gasteiger partial charge >= 0.3 is 11.9 Å². The second-order valence-corrected chi connectivity index (χ2v) is 4.60. The summed E-state index contributed by atoms with van der Waals surface area (Å²) in [6, 6.07) is 1.92. The molecular weight excluding hydrogens is 246 g/mol. The third-order valence-electron chi connectivity index (χ3n) is 3.27. The van der Waals surface area contributed by atoms with Crippen molar-refractivity contribution in [1.82, 2.24) is 4.90 Å². The monoisotopic (exact) mass is 265 g/mol. The van der Waals surface area contributed by atoms with Crippen molar-refractivity contribution in [2.24, 2.45) is 0 Å². The van der Waals surface area contributed by atoms with E-state index in [1.807, 2.05) is 26.8 Å². The van der Waals surface area contributed by atoms with Gasteiger partial charge in [-0.25, -0.2) is 4.79 Å². The lowest BCUT2D eigenvalue weighted by atomic mass is 9.98. The van der Waals surface area contributed by atoms with Crippen LogP contribution in [0.25, 0.3) is 0 Å². The smallest absolute Gasteiger partial charge is 0.394 e. The number of carbonyl (C=O) groups excluding carboxylic acids is 1. The Morgan fingerprint density at radius 1 is 1.26 bits per heavy atom. The van der Waals surface area contributed by atoms with E-state index >= 15 is 0 Å². The summed E-state index contributed by atoms with van der Waals surface area (Å²) < 4.78 is 5.33. The van der Waals surface area contributed by atoms with E-state index in [9.17, 15) is 9.59 Å². The molecule has 0 fully saturated rings. The summed E-state index contributed by atoms with van der Waals surface area (Å²) in [6.45, 7) is 6.08. The lowest BCUT2D eigenvalue weighted by Crippen LogP contribution is -2.32. The van der Waals surface area contributed by atoms with E-state index in [4.69, 9.17) is 9.84 Å². The number of nitrogens with zero attached hydrogens (tertiary/aromatic N) is 1. The number of carbonyl (C=O) groups is 2. The SMILES string of the molecule is COc1c(C)cc(CN(C)C(=O)C(=O)O)c(C)c1C. The molecule has 0 aliphatic rings. The maximum absolute atomic E-state index is 11.4. The fraction of sp³-hybridized carbons (Fsp3) is 0.429. The first-order chi connectivity index (χ1) is 8.79. The largest absolute Gasteiger partial charge is 0.496 e. The molecule has 1 amide bonds. The van der Waals surface area contributed by atoms with Crippen LogP contribution in [0.15, 0.2) is 6.07 Å². The highest BCUT2D eigenvalue weighted by Crippen LogP contribution is 2.29. The number of methoxy groups -OCH3 is 1. The Morgan fingerprint density at radius 3 is 2.32 bits per heavy atom. The summed E-state index contributed by atoms with van der Waals surface area (Å²) in [4.78, 5) is 23.2. The van der Waals surface area contributed by atoms with E-state index < -0.39 is 11.9 Å². The second kappa shape index (κ2) is 5.73. The Balaban J connectivity index is 3.10. The van der Waals surface area contributed by atoms with Crippen molar-refractivity contribution in [3.05, 3.63) is 28.3 Å². The van der Waals surface area contributed by atoms with Gasteiger partial charge in [0, 0.05) is 13.6 Å². The predicted molar refractivity (Wildman–Crippen MR) is 71.3 cm³/mol. The second-order valence-electron chi connectivity index (χ2n) is 4.60. The van der Waals surface area contributed by atoms with Gasteiger partial charge in [0.2, 0.25) is 0 Å². The number of amides is 1. The topological polar surface area (TPSA) is 66.8 Å². The van der Waals surface area contributed by atoms with Crippen LogP contribution in [0.5, 0.6) is 5.75 Å². The molecule has 104 valence electrons. The predicted octanol–water partition coefficient (Wildman–Crippen LogP) is 1.66. The van der Waals surface area contributed by atoms with Crippen molar-refractivity contribution in [1.29, 1.82) is 0 Å². The molecule has 0 bridgehead atoms. The lowest BCUT2D eigenvalue weighted by Gasteiger charge is -2.20. The molecule has 1 aromatic carbocycles. The maximum atomic E-state index is 11.4. The number of hydrogen-bond acceptors (Lipinski definition) is 3. The Labute approximate surface area is 112 Å². The maximum Gasteiger partial charge on any atom is 0.394 e. The van der Waals surface area contributed by atoms with Crippen molar-refractivity contribution in [3.63, 3.8) is 0 Å². The minimum absolute atomic E-state index is 0.267. The van der Waals surface area contributed by atoms with Gasteiger partial charge in [-0.05, 0) is 43.0 Å². The summed E-state index contributed by atoms with van der Waals surface area (Å²) in [5, 5.41) is 8.68. The molecule has 5 heteroatoms. The molecule has 0 aliphatic heterocycles. The highest BCUT2D eigenvalue weighted by Gasteiger charge is 2.19. The van der Waals surface area contributed by atoms with Gasteiger partial charge in [-0.15, -0.1) is 0 Å². The first-order valence-electron chi connectivity index (χ1n) is 5.91. The molecule has 1 N–H and O–H groups in total. The van der Waals surface area contributed by atoms with Crippen molar-refractivity contribution in [2.75, 3.05) is 14.2 Å². The molecule has 5 nitrogen and oxygen atoms in total. The number of likely N-dealkylation sites (N-methyl/N-ethyl adjacent to an activating group) is 1. The quantitative estimate of drug-likeness (QED) is 0.844. The molecule has 0 aliphatic carbocycles. The van der Waals surface area contributed by atoms with Gasteiger partial charge in [0.15, 0.2) is 0 Å². The Morgan fingerprint density at radius 2 is 1.84 bits per heavy atom. The minimum Gasteiger partial charge on any atom is -0.496 e. The summed E-state index contributed by atoms with van der Waals surface area (Å²) in [7, 11) is 3.10. The van der Waals surface area contributed by atoms with E-state index in [1.165, 1.54) is 11.9 Å². The van der Waals surface area contributed by atoms with Gasteiger partial charge in [0.25, 0.3) is 0 Å². The van der Waals surface area contributed by atoms with Crippen LogP contribution in [0.2, 0.25) is 0 Å².